The van der Waals surface area contributed by atoms with Crippen LogP contribution in [0, 0.1) is 0 Å². The lowest BCUT2D eigenvalue weighted by molar-refractivity contribution is -0.127. The predicted octanol–water partition coefficient (Wildman–Crippen LogP) is 3.55. The Kier molecular flexibility index (Phi) is 10.0. The molecule has 4 rings (SSSR count). The van der Waals surface area contributed by atoms with Crippen molar-refractivity contribution in [2.75, 3.05) is 40.3 Å². The maximum Gasteiger partial charge on any atom is 0.241 e. The van der Waals surface area contributed by atoms with Crippen molar-refractivity contribution in [3.05, 3.63) is 65.2 Å². The third-order valence-electron chi connectivity index (χ3n) is 6.22. The zero-order valence-corrected chi connectivity index (χ0v) is 22.5. The summed E-state index contributed by atoms with van der Waals surface area (Å²) < 4.78 is 5.79. The van der Waals surface area contributed by atoms with Crippen LogP contribution in [0.3, 0.4) is 0 Å². The Morgan fingerprint density at radius 2 is 1.79 bits per heavy atom. The number of aliphatic imine (C=N–C) groups is 1. The lowest BCUT2D eigenvalue weighted by Crippen LogP contribution is -2.45. The van der Waals surface area contributed by atoms with Gasteiger partial charge in [-0.15, -0.1) is 24.0 Å². The van der Waals surface area contributed by atoms with Gasteiger partial charge in [0.2, 0.25) is 5.91 Å². The van der Waals surface area contributed by atoms with Crippen molar-refractivity contribution in [1.29, 1.82) is 0 Å². The smallest absolute Gasteiger partial charge is 0.241 e. The van der Waals surface area contributed by atoms with Crippen molar-refractivity contribution < 1.29 is 9.53 Å². The van der Waals surface area contributed by atoms with Gasteiger partial charge in [-0.1, -0.05) is 42.5 Å². The third-order valence-corrected chi connectivity index (χ3v) is 6.22. The molecule has 1 amide bonds. The van der Waals surface area contributed by atoms with Gasteiger partial charge < -0.3 is 20.3 Å². The number of hydrogen-bond acceptors (Lipinski definition) is 4. The van der Waals surface area contributed by atoms with Crippen LogP contribution in [0.5, 0.6) is 5.75 Å². The number of carbonyl (C=O) groups excluding carboxylic acids is 1. The SMILES string of the molecule is CN(C)C(=O)CNC(=NCc1ccc(CN2CCCC2)cc1)NC1CCOc2ccccc21.I. The van der Waals surface area contributed by atoms with Crippen molar-refractivity contribution in [3.8, 4) is 5.75 Å². The zero-order valence-electron chi connectivity index (χ0n) is 20.1. The highest BCUT2D eigenvalue weighted by Crippen LogP contribution is 2.31. The van der Waals surface area contributed by atoms with Gasteiger partial charge >= 0.3 is 0 Å². The number of likely N-dealkylation sites (N-methyl/N-ethyl adjacent to an activating group) is 1. The Morgan fingerprint density at radius 3 is 2.53 bits per heavy atom. The summed E-state index contributed by atoms with van der Waals surface area (Å²) in [5, 5.41) is 6.73. The van der Waals surface area contributed by atoms with Gasteiger partial charge in [0, 0.05) is 32.6 Å². The highest BCUT2D eigenvalue weighted by atomic mass is 127. The number of halogens is 1. The molecule has 0 aliphatic carbocycles. The first-order valence-electron chi connectivity index (χ1n) is 11.9. The lowest BCUT2D eigenvalue weighted by atomic mass is 10.0. The molecule has 0 radical (unpaired) electrons. The molecule has 0 aromatic heterocycles. The van der Waals surface area contributed by atoms with E-state index in [1.54, 1.807) is 19.0 Å². The Hall–Kier alpha value is -2.33. The van der Waals surface area contributed by atoms with Crippen LogP contribution in [0.4, 0.5) is 0 Å². The van der Waals surface area contributed by atoms with Crippen LogP contribution in [-0.2, 0) is 17.9 Å². The van der Waals surface area contributed by atoms with Crippen molar-refractivity contribution in [2.45, 2.75) is 38.4 Å². The lowest BCUT2D eigenvalue weighted by Gasteiger charge is -2.28. The van der Waals surface area contributed by atoms with Gasteiger partial charge in [0.15, 0.2) is 5.96 Å². The van der Waals surface area contributed by atoms with Crippen LogP contribution < -0.4 is 15.4 Å². The fourth-order valence-corrected chi connectivity index (χ4v) is 4.25. The minimum absolute atomic E-state index is 0. The number of fused-ring (bicyclic) bond motifs is 1. The zero-order chi connectivity index (χ0) is 23.0. The first kappa shape index (κ1) is 26.3. The van der Waals surface area contributed by atoms with Crippen LogP contribution in [0.2, 0.25) is 0 Å². The van der Waals surface area contributed by atoms with Gasteiger partial charge in [0.25, 0.3) is 0 Å². The Balaban J connectivity index is 0.00000324. The van der Waals surface area contributed by atoms with Crippen LogP contribution in [0.25, 0.3) is 0 Å². The summed E-state index contributed by atoms with van der Waals surface area (Å²) in [7, 11) is 3.51. The second kappa shape index (κ2) is 12.9. The normalized spacial score (nSPS) is 17.8. The van der Waals surface area contributed by atoms with E-state index < -0.39 is 0 Å². The number of hydrogen-bond donors (Lipinski definition) is 2. The van der Waals surface area contributed by atoms with Crippen molar-refractivity contribution in [3.63, 3.8) is 0 Å². The summed E-state index contributed by atoms with van der Waals surface area (Å²) >= 11 is 0. The maximum absolute atomic E-state index is 12.1. The van der Waals surface area contributed by atoms with Gasteiger partial charge in [-0.3, -0.25) is 9.69 Å². The second-order valence-corrected chi connectivity index (χ2v) is 8.98. The number of rotatable bonds is 7. The maximum atomic E-state index is 12.1. The molecule has 8 heteroatoms. The van der Waals surface area contributed by atoms with E-state index in [1.807, 2.05) is 18.2 Å². The summed E-state index contributed by atoms with van der Waals surface area (Å²) in [4.78, 5) is 21.0. The van der Waals surface area contributed by atoms with E-state index in [1.165, 1.54) is 31.5 Å². The fourth-order valence-electron chi connectivity index (χ4n) is 4.25. The number of para-hydroxylation sites is 1. The van der Waals surface area contributed by atoms with Gasteiger partial charge in [-0.05, 0) is 43.1 Å². The summed E-state index contributed by atoms with van der Waals surface area (Å²) in [5.41, 5.74) is 3.60. The van der Waals surface area contributed by atoms with E-state index in [4.69, 9.17) is 9.73 Å². The molecule has 1 unspecified atom stereocenters. The first-order chi connectivity index (χ1) is 16.1. The molecular weight excluding hydrogens is 541 g/mol. The predicted molar refractivity (Wildman–Crippen MR) is 147 cm³/mol. The van der Waals surface area contributed by atoms with E-state index in [0.717, 1.165) is 29.8 Å². The summed E-state index contributed by atoms with van der Waals surface area (Å²) in [6.45, 7) is 4.81. The molecule has 1 atom stereocenters. The number of carbonyl (C=O) groups is 1. The van der Waals surface area contributed by atoms with Crippen molar-refractivity contribution in [1.82, 2.24) is 20.4 Å². The average Bonchev–Trinajstić information content (AvgIpc) is 3.34. The van der Waals surface area contributed by atoms with Gasteiger partial charge in [-0.25, -0.2) is 4.99 Å². The monoisotopic (exact) mass is 577 g/mol. The molecule has 2 aromatic carbocycles. The summed E-state index contributed by atoms with van der Waals surface area (Å²) in [6.07, 6.45) is 3.46. The molecule has 2 aromatic rings. The quantitative estimate of drug-likeness (QED) is 0.300. The van der Waals surface area contributed by atoms with E-state index >= 15 is 0 Å². The number of benzene rings is 2. The fraction of sp³-hybridized carbons (Fsp3) is 0.462. The average molecular weight is 578 g/mol. The summed E-state index contributed by atoms with van der Waals surface area (Å²) in [5.74, 6) is 1.54. The standard InChI is InChI=1S/C26H35N5O2.HI/c1-30(2)25(32)18-28-26(29-23-13-16-33-24-8-4-3-7-22(23)24)27-17-20-9-11-21(12-10-20)19-31-14-5-6-15-31;/h3-4,7-12,23H,5-6,13-19H2,1-2H3,(H2,27,28,29);1H. The highest BCUT2D eigenvalue weighted by Gasteiger charge is 2.22. The van der Waals surface area contributed by atoms with E-state index in [-0.39, 0.29) is 42.5 Å². The van der Waals surface area contributed by atoms with E-state index in [9.17, 15) is 4.79 Å². The topological polar surface area (TPSA) is 69.2 Å². The molecular formula is C26H36IN5O2. The molecule has 0 spiro atoms. The van der Waals surface area contributed by atoms with Crippen LogP contribution in [-0.4, -0.2) is 62.0 Å². The molecule has 2 heterocycles. The summed E-state index contributed by atoms with van der Waals surface area (Å²) in [6, 6.07) is 16.9. The number of likely N-dealkylation sites (tertiary alicyclic amines) is 1. The molecule has 1 fully saturated rings. The molecule has 7 nitrogen and oxygen atoms in total. The number of amides is 1. The second-order valence-electron chi connectivity index (χ2n) is 8.98. The first-order valence-corrected chi connectivity index (χ1v) is 11.9. The minimum Gasteiger partial charge on any atom is -0.493 e. The Morgan fingerprint density at radius 1 is 1.09 bits per heavy atom. The molecule has 2 aliphatic heterocycles. The Labute approximate surface area is 220 Å². The highest BCUT2D eigenvalue weighted by molar-refractivity contribution is 14.0. The van der Waals surface area contributed by atoms with Crippen LogP contribution in [0.15, 0.2) is 53.5 Å². The van der Waals surface area contributed by atoms with E-state index in [0.29, 0.717) is 19.1 Å². The number of guanidine groups is 1. The molecule has 0 saturated carbocycles. The van der Waals surface area contributed by atoms with E-state index in [2.05, 4.69) is 45.9 Å². The molecule has 34 heavy (non-hydrogen) atoms. The van der Waals surface area contributed by atoms with Gasteiger partial charge in [-0.2, -0.15) is 0 Å². The van der Waals surface area contributed by atoms with Crippen LogP contribution in [0.1, 0.15) is 42.0 Å². The largest absolute Gasteiger partial charge is 0.493 e. The molecule has 184 valence electrons. The van der Waals surface area contributed by atoms with Crippen molar-refractivity contribution >= 4 is 35.8 Å². The molecule has 2 aliphatic rings. The van der Waals surface area contributed by atoms with Gasteiger partial charge in [0.05, 0.1) is 25.7 Å². The van der Waals surface area contributed by atoms with Gasteiger partial charge in [0.1, 0.15) is 5.75 Å². The molecule has 1 saturated heterocycles. The Bertz CT molecular complexity index is 958. The van der Waals surface area contributed by atoms with Crippen LogP contribution >= 0.6 is 24.0 Å². The molecule has 0 bridgehead atoms. The third kappa shape index (κ3) is 7.33. The molecule has 2 N–H and O–H groups in total. The minimum atomic E-state index is 0. The number of nitrogens with zero attached hydrogens (tertiary/aromatic N) is 3. The van der Waals surface area contributed by atoms with Crippen molar-refractivity contribution in [2.24, 2.45) is 4.99 Å². The number of ether oxygens (including phenoxy) is 1. The number of nitrogens with one attached hydrogen (secondary N) is 2.